The molecule has 6 nitrogen and oxygen atoms in total. The van der Waals surface area contributed by atoms with Crippen LogP contribution < -0.4 is 5.73 Å². The molecule has 0 amide bonds. The third-order valence-electron chi connectivity index (χ3n) is 2.57. The van der Waals surface area contributed by atoms with Crippen LogP contribution in [0.3, 0.4) is 0 Å². The summed E-state index contributed by atoms with van der Waals surface area (Å²) in [5.41, 5.74) is 5.43. The van der Waals surface area contributed by atoms with Crippen LogP contribution >= 0.6 is 0 Å². The molecule has 0 aliphatic carbocycles. The van der Waals surface area contributed by atoms with Crippen LogP contribution in [0, 0.1) is 6.92 Å². The number of hydrogen-bond donors (Lipinski definition) is 1. The molecule has 1 rings (SSSR count). The van der Waals surface area contributed by atoms with E-state index in [1.165, 1.54) is 17.4 Å². The van der Waals surface area contributed by atoms with E-state index in [0.29, 0.717) is 31.3 Å². The molecule has 1 heterocycles. The molecule has 7 heteroatoms. The Morgan fingerprint density at radius 3 is 2.67 bits per heavy atom. The third kappa shape index (κ3) is 3.32. The number of ether oxygens (including phenoxy) is 1. The monoisotopic (exact) mass is 276 g/mol. The third-order valence-corrected chi connectivity index (χ3v) is 4.53. The highest BCUT2D eigenvalue weighted by atomic mass is 32.2. The quantitative estimate of drug-likeness (QED) is 0.741. The molecule has 0 aromatic carbocycles. The molecule has 0 saturated heterocycles. The van der Waals surface area contributed by atoms with Crippen molar-refractivity contribution in [2.24, 2.45) is 5.73 Å². The second-order valence-corrected chi connectivity index (χ2v) is 5.87. The van der Waals surface area contributed by atoms with Crippen LogP contribution in [-0.2, 0) is 21.3 Å². The SMILES string of the molecule is CCOCCN(C)S(=O)(=O)c1cc(CN)oc1C. The van der Waals surface area contributed by atoms with Crippen LogP contribution in [-0.4, -0.2) is 39.5 Å². The molecule has 1 aromatic rings. The van der Waals surface area contributed by atoms with E-state index >= 15 is 0 Å². The van der Waals surface area contributed by atoms with E-state index in [0.717, 1.165) is 0 Å². The first-order valence-electron chi connectivity index (χ1n) is 5.77. The Bertz CT molecular complexity index is 481. The Kier molecular flexibility index (Phi) is 5.33. The lowest BCUT2D eigenvalue weighted by Crippen LogP contribution is -2.30. The average Bonchev–Trinajstić information content (AvgIpc) is 2.71. The molecule has 104 valence electrons. The first-order valence-corrected chi connectivity index (χ1v) is 7.21. The summed E-state index contributed by atoms with van der Waals surface area (Å²) in [5.74, 6) is 0.822. The van der Waals surface area contributed by atoms with Gasteiger partial charge in [-0.25, -0.2) is 8.42 Å². The Morgan fingerprint density at radius 1 is 1.50 bits per heavy atom. The summed E-state index contributed by atoms with van der Waals surface area (Å²) in [6.07, 6.45) is 0. The van der Waals surface area contributed by atoms with Crippen molar-refractivity contribution >= 4 is 10.0 Å². The molecule has 0 unspecified atom stereocenters. The summed E-state index contributed by atoms with van der Waals surface area (Å²) in [7, 11) is -2.02. The van der Waals surface area contributed by atoms with Crippen molar-refractivity contribution < 1.29 is 17.6 Å². The minimum atomic E-state index is -3.54. The van der Waals surface area contributed by atoms with Crippen molar-refractivity contribution in [1.82, 2.24) is 4.31 Å². The molecule has 0 bridgehead atoms. The van der Waals surface area contributed by atoms with Gasteiger partial charge in [0, 0.05) is 26.3 Å². The van der Waals surface area contributed by atoms with E-state index in [4.69, 9.17) is 14.9 Å². The van der Waals surface area contributed by atoms with Crippen molar-refractivity contribution in [1.29, 1.82) is 0 Å². The van der Waals surface area contributed by atoms with Gasteiger partial charge in [0.2, 0.25) is 10.0 Å². The van der Waals surface area contributed by atoms with Gasteiger partial charge in [-0.2, -0.15) is 4.31 Å². The van der Waals surface area contributed by atoms with E-state index in [2.05, 4.69) is 0 Å². The zero-order chi connectivity index (χ0) is 13.8. The van der Waals surface area contributed by atoms with E-state index in [9.17, 15) is 8.42 Å². The fourth-order valence-corrected chi connectivity index (χ4v) is 2.84. The number of nitrogens with zero attached hydrogens (tertiary/aromatic N) is 1. The predicted molar refractivity (Wildman–Crippen MR) is 67.6 cm³/mol. The van der Waals surface area contributed by atoms with Crippen LogP contribution in [0.15, 0.2) is 15.4 Å². The van der Waals surface area contributed by atoms with E-state index in [1.54, 1.807) is 6.92 Å². The average molecular weight is 276 g/mol. The van der Waals surface area contributed by atoms with E-state index < -0.39 is 10.0 Å². The van der Waals surface area contributed by atoms with Crippen molar-refractivity contribution in [3.05, 3.63) is 17.6 Å². The molecule has 0 saturated carbocycles. The number of likely N-dealkylation sites (N-methyl/N-ethyl adjacent to an activating group) is 1. The van der Waals surface area contributed by atoms with Crippen molar-refractivity contribution in [3.8, 4) is 0 Å². The smallest absolute Gasteiger partial charge is 0.246 e. The zero-order valence-corrected chi connectivity index (χ0v) is 11.8. The van der Waals surface area contributed by atoms with Crippen molar-refractivity contribution in [2.75, 3.05) is 26.8 Å². The number of nitrogens with two attached hydrogens (primary N) is 1. The summed E-state index contributed by atoms with van der Waals surface area (Å²) in [6.45, 7) is 4.89. The van der Waals surface area contributed by atoms with Crippen LogP contribution in [0.25, 0.3) is 0 Å². The molecule has 0 radical (unpaired) electrons. The summed E-state index contributed by atoms with van der Waals surface area (Å²) >= 11 is 0. The molecule has 0 aliphatic heterocycles. The number of hydrogen-bond acceptors (Lipinski definition) is 5. The molecule has 18 heavy (non-hydrogen) atoms. The van der Waals surface area contributed by atoms with Gasteiger partial charge in [-0.15, -0.1) is 0 Å². The van der Waals surface area contributed by atoms with Crippen LogP contribution in [0.1, 0.15) is 18.4 Å². The largest absolute Gasteiger partial charge is 0.464 e. The molecule has 0 spiro atoms. The highest BCUT2D eigenvalue weighted by Gasteiger charge is 2.25. The van der Waals surface area contributed by atoms with Crippen LogP contribution in [0.4, 0.5) is 0 Å². The lowest BCUT2D eigenvalue weighted by molar-refractivity contribution is 0.138. The molecule has 2 N–H and O–H groups in total. The lowest BCUT2D eigenvalue weighted by atomic mass is 10.4. The lowest BCUT2D eigenvalue weighted by Gasteiger charge is -2.16. The van der Waals surface area contributed by atoms with Gasteiger partial charge in [-0.05, 0) is 13.8 Å². The van der Waals surface area contributed by atoms with Crippen LogP contribution in [0.5, 0.6) is 0 Å². The Hall–Kier alpha value is -0.890. The fourth-order valence-electron chi connectivity index (χ4n) is 1.51. The van der Waals surface area contributed by atoms with Gasteiger partial charge < -0.3 is 14.9 Å². The minimum Gasteiger partial charge on any atom is -0.464 e. The maximum Gasteiger partial charge on any atom is 0.246 e. The minimum absolute atomic E-state index is 0.168. The standard InChI is InChI=1S/C11H20N2O4S/c1-4-16-6-5-13(3)18(14,15)11-7-10(8-12)17-9(11)2/h7H,4-6,8,12H2,1-3H3. The van der Waals surface area contributed by atoms with Gasteiger partial charge in [0.05, 0.1) is 13.2 Å². The predicted octanol–water partition coefficient (Wildman–Crippen LogP) is 0.704. The molecule has 0 aliphatic rings. The summed E-state index contributed by atoms with van der Waals surface area (Å²) in [6, 6.07) is 1.47. The van der Waals surface area contributed by atoms with E-state index in [-0.39, 0.29) is 11.4 Å². The molecular formula is C11H20N2O4S. The van der Waals surface area contributed by atoms with Crippen LogP contribution in [0.2, 0.25) is 0 Å². The molecule has 1 aromatic heterocycles. The topological polar surface area (TPSA) is 85.8 Å². The summed E-state index contributed by atoms with van der Waals surface area (Å²) in [4.78, 5) is 0.168. The first-order chi connectivity index (χ1) is 8.43. The molecule has 0 fully saturated rings. The second kappa shape index (κ2) is 6.33. The number of aryl methyl sites for hydroxylation is 1. The van der Waals surface area contributed by atoms with Gasteiger partial charge in [-0.3, -0.25) is 0 Å². The van der Waals surface area contributed by atoms with Gasteiger partial charge in [0.1, 0.15) is 16.4 Å². The van der Waals surface area contributed by atoms with Crippen molar-refractivity contribution in [3.63, 3.8) is 0 Å². The summed E-state index contributed by atoms with van der Waals surface area (Å²) < 4.78 is 36.1. The number of sulfonamides is 1. The Labute approximate surface area is 108 Å². The Balaban J connectivity index is 2.87. The van der Waals surface area contributed by atoms with E-state index in [1.807, 2.05) is 6.92 Å². The zero-order valence-electron chi connectivity index (χ0n) is 11.0. The number of furan rings is 1. The highest BCUT2D eigenvalue weighted by Crippen LogP contribution is 2.22. The maximum absolute atomic E-state index is 12.2. The van der Waals surface area contributed by atoms with Gasteiger partial charge >= 0.3 is 0 Å². The highest BCUT2D eigenvalue weighted by molar-refractivity contribution is 7.89. The Morgan fingerprint density at radius 2 is 2.17 bits per heavy atom. The normalized spacial score (nSPS) is 12.3. The molecular weight excluding hydrogens is 256 g/mol. The first kappa shape index (κ1) is 15.2. The summed E-state index contributed by atoms with van der Waals surface area (Å²) in [5, 5.41) is 0. The van der Waals surface area contributed by atoms with Gasteiger partial charge in [0.15, 0.2) is 0 Å². The van der Waals surface area contributed by atoms with Gasteiger partial charge in [-0.1, -0.05) is 0 Å². The van der Waals surface area contributed by atoms with Crippen molar-refractivity contribution in [2.45, 2.75) is 25.3 Å². The second-order valence-electron chi connectivity index (χ2n) is 3.86. The number of rotatable bonds is 7. The maximum atomic E-state index is 12.2. The molecule has 0 atom stereocenters. The fraction of sp³-hybridized carbons (Fsp3) is 0.636. The van der Waals surface area contributed by atoms with Gasteiger partial charge in [0.25, 0.3) is 0 Å².